The Morgan fingerprint density at radius 3 is 2.80 bits per heavy atom. The van der Waals surface area contributed by atoms with Gasteiger partial charge in [0.15, 0.2) is 0 Å². The Labute approximate surface area is 151 Å². The van der Waals surface area contributed by atoms with Crippen molar-refractivity contribution >= 4 is 28.5 Å². The fourth-order valence-corrected chi connectivity index (χ4v) is 2.98. The molecule has 2 aromatic carbocycles. The molecule has 0 bridgehead atoms. The van der Waals surface area contributed by atoms with Crippen LogP contribution >= 0.6 is 11.6 Å². The maximum atomic E-state index is 12.2. The monoisotopic (exact) mass is 357 g/mol. The summed E-state index contributed by atoms with van der Waals surface area (Å²) in [6.45, 7) is 5.31. The molecule has 4 nitrogen and oxygen atoms in total. The minimum Gasteiger partial charge on any atom is -0.460 e. The van der Waals surface area contributed by atoms with E-state index < -0.39 is 5.97 Å². The number of nitrogens with one attached hydrogen (secondary N) is 1. The molecule has 0 saturated heterocycles. The zero-order valence-corrected chi connectivity index (χ0v) is 15.0. The van der Waals surface area contributed by atoms with Crippen molar-refractivity contribution in [2.45, 2.75) is 26.9 Å². The summed E-state index contributed by atoms with van der Waals surface area (Å²) in [6, 6.07) is 13.6. The molecule has 0 aliphatic rings. The van der Waals surface area contributed by atoms with Crippen LogP contribution in [0.2, 0.25) is 5.02 Å². The molecule has 1 aromatic heterocycles. The molecule has 0 aliphatic heterocycles. The first-order valence-electron chi connectivity index (χ1n) is 8.22. The summed E-state index contributed by atoms with van der Waals surface area (Å²) in [6.07, 6.45) is 0. The lowest BCUT2D eigenvalue weighted by atomic mass is 10.1. The van der Waals surface area contributed by atoms with Crippen LogP contribution in [0.4, 0.5) is 0 Å². The third-order valence-electron chi connectivity index (χ3n) is 3.93. The molecule has 0 atom stereocenters. The van der Waals surface area contributed by atoms with Gasteiger partial charge >= 0.3 is 5.97 Å². The summed E-state index contributed by atoms with van der Waals surface area (Å²) < 4.78 is 10.8. The molecule has 5 heteroatoms. The van der Waals surface area contributed by atoms with Gasteiger partial charge in [-0.3, -0.25) is 0 Å². The molecular formula is C20H20ClNO3. The number of carbonyl (C=O) groups is 1. The summed E-state index contributed by atoms with van der Waals surface area (Å²) in [7, 11) is 0. The highest BCUT2D eigenvalue weighted by molar-refractivity contribution is 6.31. The molecule has 0 amide bonds. The van der Waals surface area contributed by atoms with Crippen LogP contribution in [-0.4, -0.2) is 12.6 Å². The number of furan rings is 1. The quantitative estimate of drug-likeness (QED) is 0.640. The van der Waals surface area contributed by atoms with Crippen LogP contribution in [0.25, 0.3) is 11.0 Å². The Kier molecular flexibility index (Phi) is 5.41. The lowest BCUT2D eigenvalue weighted by Gasteiger charge is -2.07. The number of carbonyl (C=O) groups excluding carboxylic acids is 1. The van der Waals surface area contributed by atoms with E-state index in [0.717, 1.165) is 10.9 Å². The minimum absolute atomic E-state index is 0.232. The number of fused-ring (bicyclic) bond motifs is 1. The zero-order chi connectivity index (χ0) is 17.8. The van der Waals surface area contributed by atoms with E-state index in [1.165, 1.54) is 11.1 Å². The van der Waals surface area contributed by atoms with Gasteiger partial charge in [-0.25, -0.2) is 4.79 Å². The van der Waals surface area contributed by atoms with Crippen LogP contribution in [0.1, 0.15) is 34.2 Å². The zero-order valence-electron chi connectivity index (χ0n) is 14.3. The highest BCUT2D eigenvalue weighted by Crippen LogP contribution is 2.29. The van der Waals surface area contributed by atoms with Crippen molar-refractivity contribution in [2.75, 3.05) is 6.61 Å². The van der Waals surface area contributed by atoms with E-state index in [1.807, 2.05) is 12.1 Å². The predicted molar refractivity (Wildman–Crippen MR) is 98.9 cm³/mol. The first-order valence-corrected chi connectivity index (χ1v) is 8.60. The van der Waals surface area contributed by atoms with E-state index in [1.54, 1.807) is 19.1 Å². The van der Waals surface area contributed by atoms with Gasteiger partial charge in [0, 0.05) is 29.1 Å². The van der Waals surface area contributed by atoms with Gasteiger partial charge in [-0.05, 0) is 37.6 Å². The van der Waals surface area contributed by atoms with Crippen LogP contribution in [0.15, 0.2) is 46.9 Å². The highest BCUT2D eigenvalue weighted by Gasteiger charge is 2.21. The van der Waals surface area contributed by atoms with Gasteiger partial charge in [0.05, 0.1) is 6.61 Å². The van der Waals surface area contributed by atoms with Gasteiger partial charge in [0.2, 0.25) is 5.76 Å². The van der Waals surface area contributed by atoms with E-state index in [9.17, 15) is 4.79 Å². The smallest absolute Gasteiger partial charge is 0.374 e. The number of rotatable bonds is 6. The van der Waals surface area contributed by atoms with Gasteiger partial charge in [0.25, 0.3) is 0 Å². The Morgan fingerprint density at radius 1 is 1.20 bits per heavy atom. The van der Waals surface area contributed by atoms with Gasteiger partial charge in [-0.1, -0.05) is 41.4 Å². The second-order valence-electron chi connectivity index (χ2n) is 5.86. The summed E-state index contributed by atoms with van der Waals surface area (Å²) in [5, 5.41) is 4.80. The van der Waals surface area contributed by atoms with Crippen LogP contribution in [0, 0.1) is 6.92 Å². The number of ether oxygens (including phenoxy) is 1. The Balaban J connectivity index is 1.86. The van der Waals surface area contributed by atoms with Crippen molar-refractivity contribution in [3.63, 3.8) is 0 Å². The molecule has 0 fully saturated rings. The standard InChI is InChI=1S/C20H20ClNO3/c1-3-24-20(23)19-17(16-10-15(21)7-8-18(16)25-19)12-22-11-14-6-4-5-13(2)9-14/h4-10,22H,3,11-12H2,1-2H3. The van der Waals surface area contributed by atoms with E-state index in [-0.39, 0.29) is 5.76 Å². The average Bonchev–Trinajstić information content (AvgIpc) is 2.93. The summed E-state index contributed by atoms with van der Waals surface area (Å²) in [5.41, 5.74) is 3.79. The Bertz CT molecular complexity index is 901. The van der Waals surface area contributed by atoms with Crippen LogP contribution in [0.3, 0.4) is 0 Å². The lowest BCUT2D eigenvalue weighted by Crippen LogP contribution is -2.15. The van der Waals surface area contributed by atoms with Crippen molar-refractivity contribution < 1.29 is 13.9 Å². The summed E-state index contributed by atoms with van der Waals surface area (Å²) in [5.74, 6) is -0.224. The first-order chi connectivity index (χ1) is 12.1. The second kappa shape index (κ2) is 7.72. The molecule has 0 radical (unpaired) electrons. The van der Waals surface area contributed by atoms with E-state index >= 15 is 0 Å². The van der Waals surface area contributed by atoms with Gasteiger partial charge < -0.3 is 14.5 Å². The number of hydrogen-bond acceptors (Lipinski definition) is 4. The average molecular weight is 358 g/mol. The van der Waals surface area contributed by atoms with E-state index in [2.05, 4.69) is 30.4 Å². The molecule has 1 heterocycles. The fraction of sp³-hybridized carbons (Fsp3) is 0.250. The van der Waals surface area contributed by atoms with Crippen molar-refractivity contribution in [2.24, 2.45) is 0 Å². The van der Waals surface area contributed by atoms with Crippen LogP contribution in [0.5, 0.6) is 0 Å². The second-order valence-corrected chi connectivity index (χ2v) is 6.30. The van der Waals surface area contributed by atoms with Gasteiger partial charge in [0.1, 0.15) is 5.58 Å². The molecule has 130 valence electrons. The molecule has 0 unspecified atom stereocenters. The number of aryl methyl sites for hydroxylation is 1. The molecule has 3 rings (SSSR count). The summed E-state index contributed by atoms with van der Waals surface area (Å²) in [4.78, 5) is 12.2. The van der Waals surface area contributed by atoms with E-state index in [0.29, 0.717) is 30.3 Å². The number of hydrogen-bond donors (Lipinski definition) is 1. The molecular weight excluding hydrogens is 338 g/mol. The SMILES string of the molecule is CCOC(=O)c1oc2ccc(Cl)cc2c1CNCc1cccc(C)c1. The van der Waals surface area contributed by atoms with Crippen molar-refractivity contribution in [3.8, 4) is 0 Å². The number of halogens is 1. The third-order valence-corrected chi connectivity index (χ3v) is 4.16. The number of esters is 1. The molecule has 0 aliphatic carbocycles. The van der Waals surface area contributed by atoms with Crippen molar-refractivity contribution in [1.82, 2.24) is 5.32 Å². The lowest BCUT2D eigenvalue weighted by molar-refractivity contribution is 0.0490. The molecule has 25 heavy (non-hydrogen) atoms. The van der Waals surface area contributed by atoms with Gasteiger partial charge in [-0.2, -0.15) is 0 Å². The summed E-state index contributed by atoms with van der Waals surface area (Å²) >= 11 is 6.11. The molecule has 1 N–H and O–H groups in total. The third kappa shape index (κ3) is 4.03. The first kappa shape index (κ1) is 17.5. The van der Waals surface area contributed by atoms with E-state index in [4.69, 9.17) is 20.8 Å². The predicted octanol–water partition coefficient (Wildman–Crippen LogP) is 4.86. The van der Waals surface area contributed by atoms with Crippen molar-refractivity contribution in [3.05, 3.63) is 69.9 Å². The molecule has 3 aromatic rings. The molecule has 0 spiro atoms. The van der Waals surface area contributed by atoms with Crippen LogP contribution < -0.4 is 5.32 Å². The Hall–Kier alpha value is -2.30. The largest absolute Gasteiger partial charge is 0.460 e. The minimum atomic E-state index is -0.456. The topological polar surface area (TPSA) is 51.5 Å². The van der Waals surface area contributed by atoms with Crippen LogP contribution in [-0.2, 0) is 17.8 Å². The maximum absolute atomic E-state index is 12.2. The Morgan fingerprint density at radius 2 is 2.04 bits per heavy atom. The molecule has 0 saturated carbocycles. The number of benzene rings is 2. The normalized spacial score (nSPS) is 11.0. The highest BCUT2D eigenvalue weighted by atomic mass is 35.5. The van der Waals surface area contributed by atoms with Gasteiger partial charge in [-0.15, -0.1) is 0 Å². The maximum Gasteiger partial charge on any atom is 0.374 e. The van der Waals surface area contributed by atoms with Crippen molar-refractivity contribution in [1.29, 1.82) is 0 Å². The fourth-order valence-electron chi connectivity index (χ4n) is 2.81.